The highest BCUT2D eigenvalue weighted by Gasteiger charge is 2.18. The van der Waals surface area contributed by atoms with Gasteiger partial charge in [0.1, 0.15) is 0 Å². The minimum absolute atomic E-state index is 0.0120. The van der Waals surface area contributed by atoms with Crippen LogP contribution in [0.1, 0.15) is 10.6 Å². The van der Waals surface area contributed by atoms with E-state index in [0.29, 0.717) is 19.4 Å². The number of benzene rings is 1. The number of aromatic nitrogens is 1. The zero-order chi connectivity index (χ0) is 15.7. The highest BCUT2D eigenvalue weighted by atomic mass is 32.2. The Balaban J connectivity index is 1.72. The van der Waals surface area contributed by atoms with E-state index >= 15 is 0 Å². The summed E-state index contributed by atoms with van der Waals surface area (Å²) in [4.78, 5) is 15.9. The van der Waals surface area contributed by atoms with Crippen LogP contribution in [0.25, 0.3) is 11.3 Å². The van der Waals surface area contributed by atoms with Crippen molar-refractivity contribution in [1.29, 1.82) is 0 Å². The number of amides is 1. The molecule has 1 amide bonds. The number of nitrogens with one attached hydrogen (secondary N) is 2. The Bertz CT molecular complexity index is 828. The molecule has 0 unspecified atom stereocenters. The lowest BCUT2D eigenvalue weighted by molar-refractivity contribution is -0.115. The summed E-state index contributed by atoms with van der Waals surface area (Å²) in [6, 6.07) is 5.79. The summed E-state index contributed by atoms with van der Waals surface area (Å²) in [5, 5.41) is 5.62. The molecule has 0 aliphatic carbocycles. The van der Waals surface area contributed by atoms with E-state index in [9.17, 15) is 13.2 Å². The van der Waals surface area contributed by atoms with Crippen molar-refractivity contribution < 1.29 is 13.2 Å². The smallest absolute Gasteiger partial charge is 0.228 e. The van der Waals surface area contributed by atoms with Crippen LogP contribution in [0, 0.1) is 0 Å². The fourth-order valence-electron chi connectivity index (χ4n) is 2.29. The topological polar surface area (TPSA) is 88.2 Å². The van der Waals surface area contributed by atoms with Gasteiger partial charge in [-0.1, -0.05) is 6.07 Å². The summed E-state index contributed by atoms with van der Waals surface area (Å²) >= 11 is 1.50. The normalized spacial score (nSPS) is 14.0. The number of nitrogens with zero attached hydrogens (tertiary/aromatic N) is 1. The summed E-state index contributed by atoms with van der Waals surface area (Å²) in [5.74, 6) is 0.0120. The molecule has 3 rings (SSSR count). The molecule has 1 aromatic carbocycles. The van der Waals surface area contributed by atoms with Crippen LogP contribution in [0.4, 0.5) is 5.69 Å². The molecular formula is C14H15N3O3S2. The van der Waals surface area contributed by atoms with Crippen molar-refractivity contribution in [2.75, 3.05) is 18.1 Å². The van der Waals surface area contributed by atoms with E-state index < -0.39 is 10.0 Å². The zero-order valence-electron chi connectivity index (χ0n) is 11.9. The lowest BCUT2D eigenvalue weighted by Gasteiger charge is -2.01. The third-order valence-corrected chi connectivity index (χ3v) is 4.92. The number of fused-ring (bicyclic) bond motifs is 1. The van der Waals surface area contributed by atoms with Gasteiger partial charge in [0.15, 0.2) is 0 Å². The summed E-state index contributed by atoms with van der Waals surface area (Å²) in [6.45, 7) is 0.342. The maximum Gasteiger partial charge on any atom is 0.228 e. The molecule has 22 heavy (non-hydrogen) atoms. The van der Waals surface area contributed by atoms with Crippen LogP contribution in [0.5, 0.6) is 0 Å². The second kappa shape index (κ2) is 5.79. The summed E-state index contributed by atoms with van der Waals surface area (Å²) < 4.78 is 24.5. The largest absolute Gasteiger partial charge is 0.326 e. The SMILES string of the molecule is CS(=O)(=O)NCCc1nc(-c2ccc3c(c2)CC(=O)N3)cs1. The van der Waals surface area contributed by atoms with Gasteiger partial charge >= 0.3 is 0 Å². The molecular weight excluding hydrogens is 322 g/mol. The van der Waals surface area contributed by atoms with E-state index in [1.165, 1.54) is 11.3 Å². The van der Waals surface area contributed by atoms with Crippen molar-refractivity contribution in [3.8, 4) is 11.3 Å². The number of sulfonamides is 1. The second-order valence-corrected chi connectivity index (χ2v) is 7.92. The van der Waals surface area contributed by atoms with Gasteiger partial charge in [0, 0.05) is 29.6 Å². The standard InChI is InChI=1S/C14H15N3O3S2/c1-22(19,20)15-5-4-14-17-12(8-21-14)9-2-3-11-10(6-9)7-13(18)16-11/h2-3,6,8,15H,4-5,7H2,1H3,(H,16,18). The van der Waals surface area contributed by atoms with Crippen LogP contribution in [0.2, 0.25) is 0 Å². The van der Waals surface area contributed by atoms with Crippen LogP contribution < -0.4 is 10.0 Å². The quantitative estimate of drug-likeness (QED) is 0.863. The first-order chi connectivity index (χ1) is 10.4. The van der Waals surface area contributed by atoms with Gasteiger partial charge in [0.25, 0.3) is 0 Å². The predicted molar refractivity (Wildman–Crippen MR) is 86.4 cm³/mol. The van der Waals surface area contributed by atoms with E-state index in [2.05, 4.69) is 15.0 Å². The number of hydrogen-bond acceptors (Lipinski definition) is 5. The van der Waals surface area contributed by atoms with Crippen LogP contribution in [-0.2, 0) is 27.7 Å². The third-order valence-electron chi connectivity index (χ3n) is 3.28. The first-order valence-electron chi connectivity index (χ1n) is 6.73. The molecule has 0 atom stereocenters. The number of rotatable bonds is 5. The first kappa shape index (κ1) is 15.1. The van der Waals surface area contributed by atoms with Gasteiger partial charge < -0.3 is 5.32 Å². The van der Waals surface area contributed by atoms with Gasteiger partial charge in [-0.3, -0.25) is 4.79 Å². The Hall–Kier alpha value is -1.77. The van der Waals surface area contributed by atoms with Crippen molar-refractivity contribution in [2.45, 2.75) is 12.8 Å². The van der Waals surface area contributed by atoms with Gasteiger partial charge in [0.2, 0.25) is 15.9 Å². The fourth-order valence-corrected chi connectivity index (χ4v) is 3.57. The number of anilines is 1. The molecule has 0 bridgehead atoms. The van der Waals surface area contributed by atoms with Crippen molar-refractivity contribution >= 4 is 33.0 Å². The van der Waals surface area contributed by atoms with E-state index in [1.54, 1.807) is 0 Å². The summed E-state index contributed by atoms with van der Waals surface area (Å²) in [7, 11) is -3.16. The van der Waals surface area contributed by atoms with E-state index in [0.717, 1.165) is 33.8 Å². The first-order valence-corrected chi connectivity index (χ1v) is 9.50. The number of carbonyl (C=O) groups is 1. The molecule has 0 saturated heterocycles. The second-order valence-electron chi connectivity index (χ2n) is 5.14. The molecule has 8 heteroatoms. The van der Waals surface area contributed by atoms with Gasteiger partial charge in [-0.05, 0) is 17.7 Å². The average Bonchev–Trinajstić information content (AvgIpc) is 3.01. The summed E-state index contributed by atoms with van der Waals surface area (Å²) in [5.41, 5.74) is 3.66. The molecule has 0 fully saturated rings. The molecule has 0 saturated carbocycles. The number of hydrogen-bond donors (Lipinski definition) is 2. The number of carbonyl (C=O) groups excluding carboxylic acids is 1. The highest BCUT2D eigenvalue weighted by Crippen LogP contribution is 2.29. The molecule has 2 N–H and O–H groups in total. The maximum atomic E-state index is 11.4. The Morgan fingerprint density at radius 2 is 2.23 bits per heavy atom. The van der Waals surface area contributed by atoms with Gasteiger partial charge in [-0.15, -0.1) is 11.3 Å². The van der Waals surface area contributed by atoms with Crippen molar-refractivity contribution in [2.24, 2.45) is 0 Å². The molecule has 6 nitrogen and oxygen atoms in total. The number of thiazole rings is 1. The van der Waals surface area contributed by atoms with E-state index in [-0.39, 0.29) is 5.91 Å². The zero-order valence-corrected chi connectivity index (χ0v) is 13.6. The average molecular weight is 337 g/mol. The Labute approximate surface area is 132 Å². The molecule has 1 aliphatic rings. The van der Waals surface area contributed by atoms with Crippen LogP contribution in [0.3, 0.4) is 0 Å². The predicted octanol–water partition coefficient (Wildman–Crippen LogP) is 1.40. The third kappa shape index (κ3) is 3.52. The van der Waals surface area contributed by atoms with Crippen LogP contribution >= 0.6 is 11.3 Å². The molecule has 1 aliphatic heterocycles. The molecule has 1 aromatic heterocycles. The summed E-state index contributed by atoms with van der Waals surface area (Å²) in [6.07, 6.45) is 2.10. The van der Waals surface area contributed by atoms with Crippen molar-refractivity contribution in [3.05, 3.63) is 34.2 Å². The van der Waals surface area contributed by atoms with E-state index in [4.69, 9.17) is 0 Å². The van der Waals surface area contributed by atoms with Crippen LogP contribution in [-0.4, -0.2) is 32.1 Å². The lowest BCUT2D eigenvalue weighted by atomic mass is 10.1. The van der Waals surface area contributed by atoms with Gasteiger partial charge in [-0.2, -0.15) is 0 Å². The van der Waals surface area contributed by atoms with Gasteiger partial charge in [0.05, 0.1) is 23.4 Å². The molecule has 0 spiro atoms. The maximum absolute atomic E-state index is 11.4. The Kier molecular flexibility index (Phi) is 3.98. The molecule has 2 heterocycles. The molecule has 0 radical (unpaired) electrons. The fraction of sp³-hybridized carbons (Fsp3) is 0.286. The minimum atomic E-state index is -3.16. The van der Waals surface area contributed by atoms with Crippen LogP contribution in [0.15, 0.2) is 23.6 Å². The molecule has 2 aromatic rings. The highest BCUT2D eigenvalue weighted by molar-refractivity contribution is 7.88. The molecule has 116 valence electrons. The van der Waals surface area contributed by atoms with E-state index in [1.807, 2.05) is 23.6 Å². The Morgan fingerprint density at radius 1 is 1.41 bits per heavy atom. The minimum Gasteiger partial charge on any atom is -0.326 e. The van der Waals surface area contributed by atoms with Gasteiger partial charge in [-0.25, -0.2) is 18.1 Å². The lowest BCUT2D eigenvalue weighted by Crippen LogP contribution is -2.24. The van der Waals surface area contributed by atoms with Crippen molar-refractivity contribution in [3.63, 3.8) is 0 Å². The Morgan fingerprint density at radius 3 is 3.00 bits per heavy atom. The van der Waals surface area contributed by atoms with Crippen molar-refractivity contribution in [1.82, 2.24) is 9.71 Å². The monoisotopic (exact) mass is 337 g/mol.